The summed E-state index contributed by atoms with van der Waals surface area (Å²) in [6.45, 7) is 3.43. The molecular formula is C35H34F4N6O2. The van der Waals surface area contributed by atoms with Gasteiger partial charge in [0.2, 0.25) is 0 Å². The minimum absolute atomic E-state index is 0.0521. The van der Waals surface area contributed by atoms with Crippen LogP contribution in [-0.4, -0.2) is 70.0 Å². The molecule has 12 heteroatoms. The monoisotopic (exact) mass is 646 g/mol. The Balaban J connectivity index is 1.28. The molecule has 0 bridgehead atoms. The fourth-order valence-electron chi connectivity index (χ4n) is 6.44. The number of para-hydroxylation sites is 1. The Morgan fingerprint density at radius 2 is 1.79 bits per heavy atom. The third-order valence-electron chi connectivity index (χ3n) is 9.01. The van der Waals surface area contributed by atoms with E-state index in [9.17, 15) is 0 Å². The molecule has 2 aliphatic heterocycles. The molecule has 0 unspecified atom stereocenters. The van der Waals surface area contributed by atoms with Gasteiger partial charge in [-0.1, -0.05) is 18.2 Å². The van der Waals surface area contributed by atoms with Crippen molar-refractivity contribution in [3.8, 4) is 22.8 Å². The van der Waals surface area contributed by atoms with E-state index < -0.39 is 23.2 Å². The van der Waals surface area contributed by atoms with Crippen molar-refractivity contribution in [2.75, 3.05) is 44.2 Å². The normalized spacial score (nSPS) is 18.8. The third-order valence-corrected chi connectivity index (χ3v) is 9.01. The molecule has 0 atom stereocenters. The van der Waals surface area contributed by atoms with Crippen molar-refractivity contribution < 1.29 is 27.0 Å². The van der Waals surface area contributed by atoms with Gasteiger partial charge in [-0.3, -0.25) is 4.98 Å². The first-order chi connectivity index (χ1) is 22.8. The Bertz CT molecular complexity index is 1730. The van der Waals surface area contributed by atoms with Gasteiger partial charge in [0.15, 0.2) is 5.83 Å². The summed E-state index contributed by atoms with van der Waals surface area (Å²) in [6, 6.07) is 12.7. The summed E-state index contributed by atoms with van der Waals surface area (Å²) in [7, 11) is 0. The van der Waals surface area contributed by atoms with Gasteiger partial charge >= 0.3 is 6.18 Å². The zero-order chi connectivity index (χ0) is 32.4. The van der Waals surface area contributed by atoms with E-state index >= 15 is 17.6 Å². The van der Waals surface area contributed by atoms with Crippen molar-refractivity contribution in [1.82, 2.24) is 25.1 Å². The summed E-state index contributed by atoms with van der Waals surface area (Å²) in [5, 5.41) is 7.58. The number of morpholine rings is 1. The lowest BCUT2D eigenvalue weighted by atomic mass is 9.88. The summed E-state index contributed by atoms with van der Waals surface area (Å²) >= 11 is 0. The van der Waals surface area contributed by atoms with Crippen molar-refractivity contribution in [3.05, 3.63) is 90.1 Å². The van der Waals surface area contributed by atoms with Gasteiger partial charge in [-0.15, -0.1) is 0 Å². The molecule has 244 valence electrons. The summed E-state index contributed by atoms with van der Waals surface area (Å²) in [6.07, 6.45) is 5.87. The Kier molecular flexibility index (Phi) is 8.63. The van der Waals surface area contributed by atoms with Gasteiger partial charge in [-0.2, -0.15) is 23.4 Å². The molecule has 0 amide bonds. The Morgan fingerprint density at radius 3 is 2.51 bits per heavy atom. The molecule has 2 aromatic carbocycles. The molecule has 0 N–H and O–H groups in total. The lowest BCUT2D eigenvalue weighted by molar-refractivity contribution is -0.138. The molecule has 1 spiro atoms. The molecule has 47 heavy (non-hydrogen) atoms. The van der Waals surface area contributed by atoms with Crippen molar-refractivity contribution in [1.29, 1.82) is 0 Å². The zero-order valence-electron chi connectivity index (χ0n) is 25.7. The Labute approximate surface area is 270 Å². The van der Waals surface area contributed by atoms with Gasteiger partial charge in [0.1, 0.15) is 22.8 Å². The van der Waals surface area contributed by atoms with E-state index in [1.165, 1.54) is 49.8 Å². The average Bonchev–Trinajstić information content (AvgIpc) is 3.91. The second kappa shape index (κ2) is 13.0. The van der Waals surface area contributed by atoms with Crippen LogP contribution in [0, 0.1) is 5.92 Å². The highest BCUT2D eigenvalue weighted by Gasteiger charge is 2.45. The highest BCUT2D eigenvalue weighted by atomic mass is 19.4. The number of halogens is 4. The van der Waals surface area contributed by atoms with Crippen LogP contribution in [0.5, 0.6) is 11.5 Å². The van der Waals surface area contributed by atoms with Crippen LogP contribution in [-0.2, 0) is 10.9 Å². The fraction of sp³-hybridized carbons (Fsp3) is 0.371. The summed E-state index contributed by atoms with van der Waals surface area (Å²) in [5.41, 5.74) is -0.852. The number of nitrogens with zero attached hydrogens (tertiary/aromatic N) is 6. The number of aromatic nitrogens is 4. The van der Waals surface area contributed by atoms with Crippen LogP contribution >= 0.6 is 0 Å². The first-order valence-corrected chi connectivity index (χ1v) is 15.8. The first kappa shape index (κ1) is 31.2. The van der Waals surface area contributed by atoms with Gasteiger partial charge < -0.3 is 19.3 Å². The quantitative estimate of drug-likeness (QED) is 0.185. The maximum atomic E-state index is 16.0. The van der Waals surface area contributed by atoms with E-state index in [2.05, 4.69) is 25.1 Å². The topological polar surface area (TPSA) is 76.5 Å². The Morgan fingerprint density at radius 1 is 0.979 bits per heavy atom. The standard InChI is InChI=1S/C35H34F4N6O2/c36-28(30-21-40-20-29(43-30)26-10-13-41-42-19-26)18-25-8-9-31(47-27-4-2-1-3-5-27)32(35(37,38)39)33(25)45-16-17-46-34(23-45)11-14-44(15-12-34)22-24-6-7-24/h1-5,8-10,13,18-21,24H,6-7,11-12,14-17,22-23H2/b28-18-. The maximum absolute atomic E-state index is 16.0. The number of hydrogen-bond donors (Lipinski definition) is 0. The third kappa shape index (κ3) is 7.13. The fourth-order valence-corrected chi connectivity index (χ4v) is 6.44. The highest BCUT2D eigenvalue weighted by molar-refractivity contribution is 5.84. The van der Waals surface area contributed by atoms with Crippen LogP contribution in [0.1, 0.15) is 42.5 Å². The molecule has 1 aliphatic carbocycles. The first-order valence-electron chi connectivity index (χ1n) is 15.8. The highest BCUT2D eigenvalue weighted by Crippen LogP contribution is 2.48. The molecule has 7 rings (SSSR count). The number of hydrogen-bond acceptors (Lipinski definition) is 8. The predicted molar refractivity (Wildman–Crippen MR) is 169 cm³/mol. The number of alkyl halides is 3. The largest absolute Gasteiger partial charge is 0.457 e. The summed E-state index contributed by atoms with van der Waals surface area (Å²) in [4.78, 5) is 12.6. The van der Waals surface area contributed by atoms with Crippen LogP contribution in [0.25, 0.3) is 23.2 Å². The van der Waals surface area contributed by atoms with Crippen LogP contribution in [0.2, 0.25) is 0 Å². The molecule has 8 nitrogen and oxygen atoms in total. The van der Waals surface area contributed by atoms with E-state index in [0.717, 1.165) is 31.6 Å². The predicted octanol–water partition coefficient (Wildman–Crippen LogP) is 7.29. The van der Waals surface area contributed by atoms with Gasteiger partial charge in [-0.25, -0.2) is 9.37 Å². The van der Waals surface area contributed by atoms with E-state index in [4.69, 9.17) is 9.47 Å². The zero-order valence-corrected chi connectivity index (χ0v) is 25.7. The molecule has 3 aliphatic rings. The molecule has 2 aromatic heterocycles. The number of ether oxygens (including phenoxy) is 2. The molecule has 3 fully saturated rings. The molecule has 4 heterocycles. The lowest BCUT2D eigenvalue weighted by Gasteiger charge is -2.48. The number of benzene rings is 2. The van der Waals surface area contributed by atoms with Gasteiger partial charge in [0, 0.05) is 43.9 Å². The number of rotatable bonds is 8. The van der Waals surface area contributed by atoms with Gasteiger partial charge in [-0.05, 0) is 68.0 Å². The van der Waals surface area contributed by atoms with Crippen LogP contribution < -0.4 is 9.64 Å². The summed E-state index contributed by atoms with van der Waals surface area (Å²) in [5.74, 6) is -0.171. The minimum atomic E-state index is -4.81. The van der Waals surface area contributed by atoms with Crippen molar-refractivity contribution in [2.24, 2.45) is 5.92 Å². The van der Waals surface area contributed by atoms with Crippen molar-refractivity contribution >= 4 is 17.6 Å². The smallest absolute Gasteiger partial charge is 0.422 e. The van der Waals surface area contributed by atoms with E-state index in [0.29, 0.717) is 24.1 Å². The van der Waals surface area contributed by atoms with Crippen LogP contribution in [0.3, 0.4) is 0 Å². The van der Waals surface area contributed by atoms with E-state index in [-0.39, 0.29) is 48.1 Å². The molecule has 1 saturated carbocycles. The molecular weight excluding hydrogens is 612 g/mol. The maximum Gasteiger partial charge on any atom is 0.422 e. The summed E-state index contributed by atoms with van der Waals surface area (Å²) < 4.78 is 73.7. The SMILES string of the molecule is F/C(=C\c1ccc(Oc2ccccc2)c(C(F)(F)F)c1N1CCOC2(CCN(CC3CC3)CC2)C1)c1cncc(-c2ccnnc2)n1. The van der Waals surface area contributed by atoms with E-state index in [1.807, 2.05) is 0 Å². The second-order valence-electron chi connectivity index (χ2n) is 12.4. The number of likely N-dealkylation sites (tertiary alicyclic amines) is 1. The Hall–Kier alpha value is -4.42. The van der Waals surface area contributed by atoms with Crippen molar-refractivity contribution in [2.45, 2.75) is 37.5 Å². The van der Waals surface area contributed by atoms with Gasteiger partial charge in [0.25, 0.3) is 0 Å². The average molecular weight is 647 g/mol. The van der Waals surface area contributed by atoms with E-state index in [1.54, 1.807) is 41.3 Å². The molecule has 4 aromatic rings. The van der Waals surface area contributed by atoms with Gasteiger partial charge in [0.05, 0.1) is 48.4 Å². The number of anilines is 1. The van der Waals surface area contributed by atoms with Crippen LogP contribution in [0.4, 0.5) is 23.2 Å². The molecule has 2 saturated heterocycles. The minimum Gasteiger partial charge on any atom is -0.457 e. The van der Waals surface area contributed by atoms with Crippen molar-refractivity contribution in [3.63, 3.8) is 0 Å². The lowest BCUT2D eigenvalue weighted by Crippen LogP contribution is -2.57. The number of piperidine rings is 1. The van der Waals surface area contributed by atoms with Crippen LogP contribution in [0.15, 0.2) is 73.3 Å². The second-order valence-corrected chi connectivity index (χ2v) is 12.4. The molecule has 0 radical (unpaired) electrons.